The second kappa shape index (κ2) is 8.56. The van der Waals surface area contributed by atoms with Gasteiger partial charge in [-0.1, -0.05) is 6.92 Å². The van der Waals surface area contributed by atoms with E-state index in [9.17, 15) is 13.2 Å². The van der Waals surface area contributed by atoms with Gasteiger partial charge in [-0.3, -0.25) is 0 Å². The van der Waals surface area contributed by atoms with Crippen molar-refractivity contribution in [3.05, 3.63) is 15.6 Å². The van der Waals surface area contributed by atoms with Gasteiger partial charge in [-0.15, -0.1) is 11.3 Å². The molecule has 1 aromatic rings. The zero-order valence-electron chi connectivity index (χ0n) is 11.5. The Kier molecular flexibility index (Phi) is 7.42. The van der Waals surface area contributed by atoms with Crippen LogP contribution in [0, 0.1) is 0 Å². The second-order valence-electron chi connectivity index (χ2n) is 4.01. The smallest absolute Gasteiger partial charge is 0.382 e. The predicted molar refractivity (Wildman–Crippen MR) is 70.9 cm³/mol. The van der Waals surface area contributed by atoms with Gasteiger partial charge in [0.1, 0.15) is 0 Å². The largest absolute Gasteiger partial charge is 0.434 e. The van der Waals surface area contributed by atoms with Crippen molar-refractivity contribution in [2.75, 3.05) is 33.5 Å². The molecule has 0 saturated heterocycles. The number of thiazole rings is 1. The Hall–Kier alpha value is -0.700. The summed E-state index contributed by atoms with van der Waals surface area (Å²) in [6.07, 6.45) is -4.03. The van der Waals surface area contributed by atoms with E-state index in [1.807, 2.05) is 6.92 Å². The van der Waals surface area contributed by atoms with Crippen molar-refractivity contribution >= 4 is 11.3 Å². The molecule has 1 heterocycles. The first kappa shape index (κ1) is 17.4. The van der Waals surface area contributed by atoms with E-state index in [0.29, 0.717) is 37.8 Å². The molecule has 0 aliphatic carbocycles. The van der Waals surface area contributed by atoms with Crippen molar-refractivity contribution in [1.29, 1.82) is 0 Å². The van der Waals surface area contributed by atoms with Crippen molar-refractivity contribution in [2.24, 2.45) is 0 Å². The minimum absolute atomic E-state index is 0.188. The third-order valence-corrected chi connectivity index (χ3v) is 3.55. The molecule has 0 aromatic carbocycles. The summed E-state index contributed by atoms with van der Waals surface area (Å²) in [6.45, 7) is 3.89. The van der Waals surface area contributed by atoms with Crippen LogP contribution in [0.1, 0.15) is 22.5 Å². The summed E-state index contributed by atoms with van der Waals surface area (Å²) in [5.41, 5.74) is -0.782. The lowest BCUT2D eigenvalue weighted by Crippen LogP contribution is -2.15. The maximum Gasteiger partial charge on any atom is 0.434 e. The van der Waals surface area contributed by atoms with Gasteiger partial charge < -0.3 is 14.8 Å². The number of halogens is 3. The fourth-order valence-corrected chi connectivity index (χ4v) is 2.53. The molecule has 116 valence electrons. The van der Waals surface area contributed by atoms with Crippen LogP contribution in [0.2, 0.25) is 0 Å². The monoisotopic (exact) mass is 312 g/mol. The van der Waals surface area contributed by atoms with Crippen LogP contribution in [0.4, 0.5) is 13.2 Å². The number of aromatic nitrogens is 1. The molecule has 8 heteroatoms. The molecule has 0 aliphatic rings. The molecular weight excluding hydrogens is 293 g/mol. The Morgan fingerprint density at radius 3 is 2.60 bits per heavy atom. The van der Waals surface area contributed by atoms with Gasteiger partial charge >= 0.3 is 6.18 Å². The van der Waals surface area contributed by atoms with E-state index in [1.54, 1.807) is 7.11 Å². The second-order valence-corrected chi connectivity index (χ2v) is 5.18. The van der Waals surface area contributed by atoms with E-state index >= 15 is 0 Å². The molecule has 0 radical (unpaired) electrons. The van der Waals surface area contributed by atoms with Gasteiger partial charge in [-0.25, -0.2) is 4.98 Å². The summed E-state index contributed by atoms with van der Waals surface area (Å²) in [4.78, 5) is 3.92. The molecule has 1 rings (SSSR count). The summed E-state index contributed by atoms with van der Waals surface area (Å²) in [5, 5.41) is 3.34. The van der Waals surface area contributed by atoms with E-state index in [4.69, 9.17) is 9.47 Å². The van der Waals surface area contributed by atoms with Crippen molar-refractivity contribution in [1.82, 2.24) is 10.3 Å². The highest BCUT2D eigenvalue weighted by Crippen LogP contribution is 2.34. The lowest BCUT2D eigenvalue weighted by molar-refractivity contribution is -0.141. The van der Waals surface area contributed by atoms with Crippen molar-refractivity contribution in [2.45, 2.75) is 26.1 Å². The number of hydrogen-bond donors (Lipinski definition) is 1. The molecule has 0 amide bonds. The Bertz CT molecular complexity index is 397. The molecule has 4 nitrogen and oxygen atoms in total. The van der Waals surface area contributed by atoms with Gasteiger partial charge in [0, 0.05) is 20.1 Å². The highest BCUT2D eigenvalue weighted by atomic mass is 32.1. The average Bonchev–Trinajstić information content (AvgIpc) is 2.79. The minimum atomic E-state index is -4.41. The molecule has 0 saturated carbocycles. The van der Waals surface area contributed by atoms with E-state index < -0.39 is 11.9 Å². The topological polar surface area (TPSA) is 43.4 Å². The molecular formula is C12H19F3N2O2S. The van der Waals surface area contributed by atoms with Crippen LogP contribution < -0.4 is 5.32 Å². The number of methoxy groups -OCH3 is 1. The summed E-state index contributed by atoms with van der Waals surface area (Å²) < 4.78 is 48.6. The van der Waals surface area contributed by atoms with Crippen LogP contribution in [0.25, 0.3) is 0 Å². The standard InChI is InChI=1S/C12H19F3N2O2S/c1-3-16-8-9-11(12(13,14)15)17-10(20-9)4-5-19-7-6-18-2/h16H,3-8H2,1-2H3. The summed E-state index contributed by atoms with van der Waals surface area (Å²) in [6, 6.07) is 0. The van der Waals surface area contributed by atoms with Gasteiger partial charge in [0.2, 0.25) is 0 Å². The number of rotatable bonds is 9. The van der Waals surface area contributed by atoms with Gasteiger partial charge in [-0.2, -0.15) is 13.2 Å². The van der Waals surface area contributed by atoms with E-state index in [-0.39, 0.29) is 11.4 Å². The normalized spacial score (nSPS) is 12.1. The zero-order valence-corrected chi connectivity index (χ0v) is 12.4. The third kappa shape index (κ3) is 5.74. The Morgan fingerprint density at radius 2 is 2.00 bits per heavy atom. The maximum atomic E-state index is 12.8. The number of nitrogens with one attached hydrogen (secondary N) is 1. The van der Waals surface area contributed by atoms with Gasteiger partial charge in [0.05, 0.1) is 29.7 Å². The fraction of sp³-hybridized carbons (Fsp3) is 0.750. The van der Waals surface area contributed by atoms with Crippen LogP contribution in [-0.4, -0.2) is 38.5 Å². The quantitative estimate of drug-likeness (QED) is 0.712. The number of ether oxygens (including phenoxy) is 2. The lowest BCUT2D eigenvalue weighted by Gasteiger charge is -2.05. The van der Waals surface area contributed by atoms with Gasteiger partial charge in [0.15, 0.2) is 5.69 Å². The number of hydrogen-bond acceptors (Lipinski definition) is 5. The van der Waals surface area contributed by atoms with Crippen molar-refractivity contribution in [3.8, 4) is 0 Å². The first-order chi connectivity index (χ1) is 9.49. The van der Waals surface area contributed by atoms with Crippen LogP contribution in [-0.2, 0) is 28.6 Å². The summed E-state index contributed by atoms with van der Waals surface area (Å²) in [7, 11) is 1.56. The van der Waals surface area contributed by atoms with E-state index in [1.165, 1.54) is 0 Å². The fourth-order valence-electron chi connectivity index (χ4n) is 1.49. The predicted octanol–water partition coefficient (Wildman–Crippen LogP) is 2.48. The molecule has 20 heavy (non-hydrogen) atoms. The minimum Gasteiger partial charge on any atom is -0.382 e. The Labute approximate surface area is 120 Å². The zero-order chi connectivity index (χ0) is 15.0. The highest BCUT2D eigenvalue weighted by Gasteiger charge is 2.37. The SMILES string of the molecule is CCNCc1sc(CCOCCOC)nc1C(F)(F)F. The average molecular weight is 312 g/mol. The molecule has 0 atom stereocenters. The molecule has 0 bridgehead atoms. The lowest BCUT2D eigenvalue weighted by atomic mass is 10.3. The summed E-state index contributed by atoms with van der Waals surface area (Å²) >= 11 is 1.09. The van der Waals surface area contributed by atoms with E-state index in [0.717, 1.165) is 11.3 Å². The molecule has 1 aromatic heterocycles. The van der Waals surface area contributed by atoms with Gasteiger partial charge in [-0.05, 0) is 6.54 Å². The third-order valence-electron chi connectivity index (χ3n) is 2.44. The van der Waals surface area contributed by atoms with Crippen LogP contribution in [0.15, 0.2) is 0 Å². The number of nitrogens with zero attached hydrogens (tertiary/aromatic N) is 1. The number of alkyl halides is 3. The summed E-state index contributed by atoms with van der Waals surface area (Å²) in [5.74, 6) is 0. The molecule has 0 spiro atoms. The van der Waals surface area contributed by atoms with Crippen molar-refractivity contribution in [3.63, 3.8) is 0 Å². The van der Waals surface area contributed by atoms with Crippen LogP contribution >= 0.6 is 11.3 Å². The van der Waals surface area contributed by atoms with Crippen LogP contribution in [0.5, 0.6) is 0 Å². The highest BCUT2D eigenvalue weighted by molar-refractivity contribution is 7.11. The molecule has 0 fully saturated rings. The van der Waals surface area contributed by atoms with Gasteiger partial charge in [0.25, 0.3) is 0 Å². The Balaban J connectivity index is 2.61. The maximum absolute atomic E-state index is 12.8. The van der Waals surface area contributed by atoms with Crippen LogP contribution in [0.3, 0.4) is 0 Å². The first-order valence-corrected chi connectivity index (χ1v) is 7.13. The van der Waals surface area contributed by atoms with E-state index in [2.05, 4.69) is 10.3 Å². The Morgan fingerprint density at radius 1 is 1.25 bits per heavy atom. The molecule has 0 unspecified atom stereocenters. The molecule has 0 aliphatic heterocycles. The first-order valence-electron chi connectivity index (χ1n) is 6.32. The van der Waals surface area contributed by atoms with Crippen molar-refractivity contribution < 1.29 is 22.6 Å². The molecule has 1 N–H and O–H groups in total.